The van der Waals surface area contributed by atoms with Crippen molar-refractivity contribution in [1.29, 1.82) is 0 Å². The number of rotatable bonds is 0. The lowest BCUT2D eigenvalue weighted by molar-refractivity contribution is -0.141. The van der Waals surface area contributed by atoms with Gasteiger partial charge >= 0.3 is 0 Å². The van der Waals surface area contributed by atoms with Gasteiger partial charge in [-0.2, -0.15) is 0 Å². The van der Waals surface area contributed by atoms with Crippen LogP contribution < -0.4 is 4.74 Å². The molecule has 4 rings (SSSR count). The fraction of sp³-hybridized carbons (Fsp3) is 0.632. The molecule has 3 nitrogen and oxygen atoms in total. The van der Waals surface area contributed by atoms with E-state index in [1.807, 2.05) is 25.1 Å². The molecule has 0 aliphatic carbocycles. The summed E-state index contributed by atoms with van der Waals surface area (Å²) < 4.78 is 6.50. The summed E-state index contributed by atoms with van der Waals surface area (Å²) in [7, 11) is 0. The van der Waals surface area contributed by atoms with E-state index in [4.69, 9.17) is 4.74 Å². The summed E-state index contributed by atoms with van der Waals surface area (Å²) in [5, 5.41) is 0. The summed E-state index contributed by atoms with van der Waals surface area (Å²) in [5.74, 6) is 1.06. The number of piperidine rings is 1. The number of carbonyl (C=O) groups excluding carboxylic acids is 1. The number of hydrogen-bond donors (Lipinski definition) is 0. The Bertz CT molecular complexity index is 669. The zero-order chi connectivity index (χ0) is 15.8. The van der Waals surface area contributed by atoms with Gasteiger partial charge in [0.25, 0.3) is 0 Å². The Labute approximate surface area is 132 Å². The summed E-state index contributed by atoms with van der Waals surface area (Å²) in [6, 6.07) is 5.96. The molecule has 0 N–H and O–H groups in total. The normalized spacial score (nSPS) is 40.6. The van der Waals surface area contributed by atoms with Crippen molar-refractivity contribution in [2.45, 2.75) is 58.1 Å². The smallest absolute Gasteiger partial charge is 0.178 e. The highest BCUT2D eigenvalue weighted by molar-refractivity contribution is 6.06. The van der Waals surface area contributed by atoms with E-state index in [2.05, 4.69) is 25.7 Å². The van der Waals surface area contributed by atoms with E-state index >= 15 is 0 Å². The average molecular weight is 299 g/mol. The van der Waals surface area contributed by atoms with Crippen molar-refractivity contribution in [2.24, 2.45) is 5.41 Å². The summed E-state index contributed by atoms with van der Waals surface area (Å²) in [6.45, 7) is 10.7. The van der Waals surface area contributed by atoms with Gasteiger partial charge in [0.15, 0.2) is 5.78 Å². The summed E-state index contributed by atoms with van der Waals surface area (Å²) in [6.07, 6.45) is 3.17. The van der Waals surface area contributed by atoms with Crippen molar-refractivity contribution < 1.29 is 9.53 Å². The highest BCUT2D eigenvalue weighted by atomic mass is 16.5. The fourth-order valence-corrected chi connectivity index (χ4v) is 5.26. The molecule has 3 unspecified atom stereocenters. The minimum absolute atomic E-state index is 0.100. The van der Waals surface area contributed by atoms with Crippen LogP contribution in [0.4, 0.5) is 0 Å². The van der Waals surface area contributed by atoms with Gasteiger partial charge < -0.3 is 4.74 Å². The van der Waals surface area contributed by atoms with Gasteiger partial charge in [0, 0.05) is 18.5 Å². The maximum atomic E-state index is 13.6. The van der Waals surface area contributed by atoms with Gasteiger partial charge in [-0.15, -0.1) is 0 Å². The number of Topliss-reactive ketones (excluding diaryl/α,β-unsaturated/α-hetero) is 1. The fourth-order valence-electron chi connectivity index (χ4n) is 5.26. The van der Waals surface area contributed by atoms with Crippen molar-refractivity contribution in [2.75, 3.05) is 13.1 Å². The number of benzene rings is 1. The first-order chi connectivity index (χ1) is 10.3. The molecular formula is C19H25NO2. The molecule has 1 aromatic carbocycles. The van der Waals surface area contributed by atoms with E-state index in [0.717, 1.165) is 42.8 Å². The number of aryl methyl sites for hydroxylation is 1. The Morgan fingerprint density at radius 1 is 1.14 bits per heavy atom. The number of nitrogens with zero attached hydrogens (tertiary/aromatic N) is 1. The van der Waals surface area contributed by atoms with Crippen molar-refractivity contribution in [3.63, 3.8) is 0 Å². The van der Waals surface area contributed by atoms with Crippen molar-refractivity contribution in [1.82, 2.24) is 4.90 Å². The summed E-state index contributed by atoms with van der Waals surface area (Å²) >= 11 is 0. The SMILES string of the molecule is Cc1cccc2c1C(=O)C1(C)C(C)(CCN3CCCC31C)O2. The lowest BCUT2D eigenvalue weighted by Crippen LogP contribution is -2.73. The number of ether oxygens (including phenoxy) is 1. The first-order valence-electron chi connectivity index (χ1n) is 8.42. The van der Waals surface area contributed by atoms with Gasteiger partial charge in [-0.25, -0.2) is 0 Å². The first kappa shape index (κ1) is 14.3. The second-order valence-electron chi connectivity index (χ2n) is 7.85. The van der Waals surface area contributed by atoms with Gasteiger partial charge in [0.2, 0.25) is 0 Å². The van der Waals surface area contributed by atoms with E-state index < -0.39 is 11.0 Å². The Morgan fingerprint density at radius 2 is 1.91 bits per heavy atom. The minimum Gasteiger partial charge on any atom is -0.486 e. The molecule has 3 heteroatoms. The number of fused-ring (bicyclic) bond motifs is 4. The molecule has 3 aliphatic heterocycles. The van der Waals surface area contributed by atoms with Crippen LogP contribution in [0.3, 0.4) is 0 Å². The third-order valence-electron chi connectivity index (χ3n) is 7.03. The van der Waals surface area contributed by atoms with Crippen molar-refractivity contribution in [3.05, 3.63) is 29.3 Å². The Kier molecular flexibility index (Phi) is 2.68. The Morgan fingerprint density at radius 3 is 2.68 bits per heavy atom. The molecule has 118 valence electrons. The van der Waals surface area contributed by atoms with E-state index in [1.165, 1.54) is 6.42 Å². The molecule has 2 fully saturated rings. The molecule has 0 saturated carbocycles. The van der Waals surface area contributed by atoms with Crippen LogP contribution in [0.15, 0.2) is 18.2 Å². The van der Waals surface area contributed by atoms with Gasteiger partial charge in [-0.05, 0) is 58.7 Å². The second kappa shape index (κ2) is 4.14. The maximum Gasteiger partial charge on any atom is 0.178 e. The maximum absolute atomic E-state index is 13.6. The van der Waals surface area contributed by atoms with E-state index in [9.17, 15) is 4.79 Å². The van der Waals surface area contributed by atoms with E-state index in [0.29, 0.717) is 0 Å². The molecule has 2 saturated heterocycles. The number of carbonyl (C=O) groups is 1. The largest absolute Gasteiger partial charge is 0.486 e. The predicted molar refractivity (Wildman–Crippen MR) is 86.5 cm³/mol. The summed E-state index contributed by atoms with van der Waals surface area (Å²) in [4.78, 5) is 16.2. The summed E-state index contributed by atoms with van der Waals surface area (Å²) in [5.41, 5.74) is 0.827. The van der Waals surface area contributed by atoms with E-state index in [1.54, 1.807) is 0 Å². The molecule has 0 spiro atoms. The van der Waals surface area contributed by atoms with Crippen LogP contribution in [0.1, 0.15) is 56.0 Å². The monoisotopic (exact) mass is 299 g/mol. The molecule has 1 aromatic rings. The Hall–Kier alpha value is -1.35. The van der Waals surface area contributed by atoms with Crippen molar-refractivity contribution >= 4 is 5.78 Å². The second-order valence-corrected chi connectivity index (χ2v) is 7.85. The lowest BCUT2D eigenvalue weighted by Gasteiger charge is -2.62. The zero-order valence-corrected chi connectivity index (χ0v) is 14.0. The van der Waals surface area contributed by atoms with Crippen LogP contribution in [0.5, 0.6) is 5.75 Å². The van der Waals surface area contributed by atoms with Crippen molar-refractivity contribution in [3.8, 4) is 5.75 Å². The third kappa shape index (κ3) is 1.39. The molecule has 0 bridgehead atoms. The highest BCUT2D eigenvalue weighted by Gasteiger charge is 2.69. The highest BCUT2D eigenvalue weighted by Crippen LogP contribution is 2.60. The minimum atomic E-state index is -0.492. The zero-order valence-electron chi connectivity index (χ0n) is 14.0. The molecule has 3 atom stereocenters. The predicted octanol–water partition coefficient (Wildman–Crippen LogP) is 3.59. The van der Waals surface area contributed by atoms with E-state index in [-0.39, 0.29) is 11.3 Å². The first-order valence-corrected chi connectivity index (χ1v) is 8.42. The van der Waals surface area contributed by atoms with Gasteiger partial charge in [0.05, 0.1) is 11.0 Å². The molecule has 3 heterocycles. The van der Waals surface area contributed by atoms with Gasteiger partial charge in [0.1, 0.15) is 11.4 Å². The molecule has 3 aliphatic rings. The molecule has 0 amide bonds. The Balaban J connectivity index is 1.97. The molecule has 22 heavy (non-hydrogen) atoms. The molecule has 0 aromatic heterocycles. The van der Waals surface area contributed by atoms with Crippen LogP contribution in [0, 0.1) is 12.3 Å². The van der Waals surface area contributed by atoms with Crippen LogP contribution in [0.25, 0.3) is 0 Å². The number of hydrogen-bond acceptors (Lipinski definition) is 3. The third-order valence-corrected chi connectivity index (χ3v) is 7.03. The quantitative estimate of drug-likeness (QED) is 0.733. The standard InChI is InChI=1S/C19H25NO2/c1-13-7-5-8-14-15(13)16(21)19(4)17(2)9-6-11-20(17)12-10-18(19,3)22-14/h5,7-8H,6,9-12H2,1-4H3. The van der Waals surface area contributed by atoms with Gasteiger partial charge in [-0.1, -0.05) is 12.1 Å². The van der Waals surface area contributed by atoms with Gasteiger partial charge in [-0.3, -0.25) is 9.69 Å². The van der Waals surface area contributed by atoms with Crippen LogP contribution in [0.2, 0.25) is 0 Å². The van der Waals surface area contributed by atoms with Crippen LogP contribution >= 0.6 is 0 Å². The molecule has 0 radical (unpaired) electrons. The molecular weight excluding hydrogens is 274 g/mol. The van der Waals surface area contributed by atoms with Crippen LogP contribution in [-0.4, -0.2) is 34.9 Å². The number of ketones is 1. The average Bonchev–Trinajstić information content (AvgIpc) is 2.85. The van der Waals surface area contributed by atoms with Crippen LogP contribution in [-0.2, 0) is 0 Å². The lowest BCUT2D eigenvalue weighted by atomic mass is 9.53. The topological polar surface area (TPSA) is 29.5 Å².